The lowest BCUT2D eigenvalue weighted by molar-refractivity contribution is 0.469. The highest BCUT2D eigenvalue weighted by molar-refractivity contribution is 9.08. The Bertz CT molecular complexity index is 561. The third-order valence-electron chi connectivity index (χ3n) is 3.12. The number of halogens is 1. The fourth-order valence-corrected chi connectivity index (χ4v) is 2.52. The number of para-hydroxylation sites is 1. The van der Waals surface area contributed by atoms with Crippen LogP contribution >= 0.6 is 15.9 Å². The van der Waals surface area contributed by atoms with E-state index in [1.807, 2.05) is 18.2 Å². The van der Waals surface area contributed by atoms with E-state index in [0.717, 1.165) is 16.8 Å². The van der Waals surface area contributed by atoms with Gasteiger partial charge in [-0.15, -0.1) is 0 Å². The van der Waals surface area contributed by atoms with E-state index in [-0.39, 0.29) is 0 Å². The molecule has 1 nitrogen and oxygen atoms in total. The van der Waals surface area contributed by atoms with Gasteiger partial charge in [-0.05, 0) is 30.5 Å². The van der Waals surface area contributed by atoms with Crippen LogP contribution in [0, 0.1) is 6.92 Å². The van der Waals surface area contributed by atoms with Crippen LogP contribution in [0.4, 0.5) is 0 Å². The number of aryl methyl sites for hydroxylation is 1. The quantitative estimate of drug-likeness (QED) is 0.647. The van der Waals surface area contributed by atoms with Crippen LogP contribution in [-0.4, -0.2) is 0 Å². The first kappa shape index (κ1) is 14.1. The van der Waals surface area contributed by atoms with Crippen molar-refractivity contribution in [1.29, 1.82) is 0 Å². The number of ether oxygens (including phenoxy) is 1. The smallest absolute Gasteiger partial charge is 0.131 e. The van der Waals surface area contributed by atoms with E-state index in [0.29, 0.717) is 5.92 Å². The molecule has 100 valence electrons. The minimum Gasteiger partial charge on any atom is -0.457 e. The monoisotopic (exact) mass is 318 g/mol. The first-order valence-electron chi connectivity index (χ1n) is 6.54. The molecule has 0 saturated carbocycles. The highest BCUT2D eigenvalue weighted by atomic mass is 79.9. The van der Waals surface area contributed by atoms with Crippen LogP contribution in [0.3, 0.4) is 0 Å². The van der Waals surface area contributed by atoms with Gasteiger partial charge in [0.25, 0.3) is 0 Å². The van der Waals surface area contributed by atoms with Crippen molar-refractivity contribution in [1.82, 2.24) is 0 Å². The normalized spacial score (nSPS) is 10.8. The molecular weight excluding hydrogens is 300 g/mol. The molecule has 0 amide bonds. The molecule has 0 atom stereocenters. The molecule has 2 rings (SSSR count). The fourth-order valence-electron chi connectivity index (χ4n) is 2.08. The molecule has 0 aliphatic rings. The molecule has 2 aromatic rings. The molecule has 0 unspecified atom stereocenters. The maximum absolute atomic E-state index is 6.12. The largest absolute Gasteiger partial charge is 0.457 e. The highest BCUT2D eigenvalue weighted by Crippen LogP contribution is 2.33. The zero-order chi connectivity index (χ0) is 13.8. The summed E-state index contributed by atoms with van der Waals surface area (Å²) < 4.78 is 6.12. The minimum atomic E-state index is 0.453. The Kier molecular flexibility index (Phi) is 4.65. The van der Waals surface area contributed by atoms with Gasteiger partial charge in [0.15, 0.2) is 0 Å². The van der Waals surface area contributed by atoms with Gasteiger partial charge < -0.3 is 4.74 Å². The Morgan fingerprint density at radius 3 is 2.47 bits per heavy atom. The van der Waals surface area contributed by atoms with Crippen molar-refractivity contribution >= 4 is 15.9 Å². The number of hydrogen-bond donors (Lipinski definition) is 0. The van der Waals surface area contributed by atoms with Gasteiger partial charge in [0.05, 0.1) is 0 Å². The molecule has 2 aromatic carbocycles. The van der Waals surface area contributed by atoms with Crippen molar-refractivity contribution in [3.63, 3.8) is 0 Å². The first-order valence-corrected chi connectivity index (χ1v) is 7.66. The van der Waals surface area contributed by atoms with Crippen molar-refractivity contribution in [2.75, 3.05) is 0 Å². The predicted octanol–water partition coefficient (Wildman–Crippen LogP) is 5.81. The molecule has 19 heavy (non-hydrogen) atoms. The van der Waals surface area contributed by atoms with Gasteiger partial charge in [-0.3, -0.25) is 0 Å². The third-order valence-corrected chi connectivity index (χ3v) is 3.72. The molecule has 2 heteroatoms. The lowest BCUT2D eigenvalue weighted by Crippen LogP contribution is -1.96. The van der Waals surface area contributed by atoms with Crippen molar-refractivity contribution < 1.29 is 4.74 Å². The summed E-state index contributed by atoms with van der Waals surface area (Å²) >= 11 is 3.52. The Labute approximate surface area is 123 Å². The van der Waals surface area contributed by atoms with Crippen LogP contribution in [-0.2, 0) is 5.33 Å². The summed E-state index contributed by atoms with van der Waals surface area (Å²) in [7, 11) is 0. The third kappa shape index (κ3) is 3.38. The van der Waals surface area contributed by atoms with Gasteiger partial charge in [0.1, 0.15) is 11.5 Å². The van der Waals surface area contributed by atoms with Crippen molar-refractivity contribution in [3.05, 3.63) is 59.2 Å². The molecule has 0 N–H and O–H groups in total. The van der Waals surface area contributed by atoms with Crippen molar-refractivity contribution in [2.45, 2.75) is 32.0 Å². The van der Waals surface area contributed by atoms with E-state index in [1.165, 1.54) is 16.7 Å². The molecule has 0 heterocycles. The molecule has 0 aliphatic heterocycles. The highest BCUT2D eigenvalue weighted by Gasteiger charge is 2.10. The Morgan fingerprint density at radius 1 is 1.05 bits per heavy atom. The van der Waals surface area contributed by atoms with E-state index in [4.69, 9.17) is 4.74 Å². The second-order valence-corrected chi connectivity index (χ2v) is 5.60. The van der Waals surface area contributed by atoms with Gasteiger partial charge >= 0.3 is 0 Å². The molecule has 0 fully saturated rings. The van der Waals surface area contributed by atoms with Gasteiger partial charge in [-0.2, -0.15) is 0 Å². The maximum Gasteiger partial charge on any atom is 0.131 e. The van der Waals surface area contributed by atoms with Crippen molar-refractivity contribution in [2.24, 2.45) is 0 Å². The summed E-state index contributed by atoms with van der Waals surface area (Å²) in [6, 6.07) is 14.5. The molecule has 0 aliphatic carbocycles. The van der Waals surface area contributed by atoms with Crippen LogP contribution in [0.2, 0.25) is 0 Å². The zero-order valence-corrected chi connectivity index (χ0v) is 13.2. The van der Waals surface area contributed by atoms with Crippen molar-refractivity contribution in [3.8, 4) is 11.5 Å². The van der Waals surface area contributed by atoms with E-state index < -0.39 is 0 Å². The van der Waals surface area contributed by atoms with E-state index in [1.54, 1.807) is 0 Å². The number of rotatable bonds is 4. The van der Waals surface area contributed by atoms with Crippen LogP contribution in [0.1, 0.15) is 36.5 Å². The summed E-state index contributed by atoms with van der Waals surface area (Å²) in [5.74, 6) is 2.33. The second-order valence-electron chi connectivity index (χ2n) is 5.04. The average molecular weight is 319 g/mol. The van der Waals surface area contributed by atoms with Crippen LogP contribution in [0.15, 0.2) is 42.5 Å². The summed E-state index contributed by atoms with van der Waals surface area (Å²) in [6.07, 6.45) is 0. The van der Waals surface area contributed by atoms with Gasteiger partial charge in [-0.25, -0.2) is 0 Å². The van der Waals surface area contributed by atoms with Gasteiger partial charge in [0.2, 0.25) is 0 Å². The standard InChI is InChI=1S/C17H19BrO/c1-12(2)15-6-4-5-7-17(15)19-16-9-8-13(3)10-14(16)11-18/h4-10,12H,11H2,1-3H3. The topological polar surface area (TPSA) is 9.23 Å². The Hall–Kier alpha value is -1.28. The summed E-state index contributed by atoms with van der Waals surface area (Å²) in [4.78, 5) is 0. The molecule has 0 radical (unpaired) electrons. The molecule has 0 aromatic heterocycles. The number of hydrogen-bond acceptors (Lipinski definition) is 1. The number of benzene rings is 2. The van der Waals surface area contributed by atoms with E-state index in [2.05, 4.69) is 61.0 Å². The lowest BCUT2D eigenvalue weighted by Gasteiger charge is -2.15. The minimum absolute atomic E-state index is 0.453. The molecular formula is C17H19BrO. The summed E-state index contributed by atoms with van der Waals surface area (Å²) in [5.41, 5.74) is 3.67. The zero-order valence-electron chi connectivity index (χ0n) is 11.6. The lowest BCUT2D eigenvalue weighted by atomic mass is 10.0. The first-order chi connectivity index (χ1) is 9.11. The molecule has 0 bridgehead atoms. The van der Waals surface area contributed by atoms with E-state index >= 15 is 0 Å². The fraction of sp³-hybridized carbons (Fsp3) is 0.294. The molecule has 0 spiro atoms. The molecule has 0 saturated heterocycles. The van der Waals surface area contributed by atoms with Gasteiger partial charge in [-0.1, -0.05) is 65.7 Å². The predicted molar refractivity (Wildman–Crippen MR) is 84.4 cm³/mol. The maximum atomic E-state index is 6.12. The van der Waals surface area contributed by atoms with E-state index in [9.17, 15) is 0 Å². The Morgan fingerprint density at radius 2 is 1.79 bits per heavy atom. The second kappa shape index (κ2) is 6.25. The Balaban J connectivity index is 2.36. The average Bonchev–Trinajstić information content (AvgIpc) is 2.41. The summed E-state index contributed by atoms with van der Waals surface area (Å²) in [6.45, 7) is 6.46. The number of alkyl halides is 1. The van der Waals surface area contributed by atoms with Gasteiger partial charge in [0, 0.05) is 10.9 Å². The van der Waals surface area contributed by atoms with Crippen LogP contribution in [0.5, 0.6) is 11.5 Å². The van der Waals surface area contributed by atoms with Crippen LogP contribution in [0.25, 0.3) is 0 Å². The SMILES string of the molecule is Cc1ccc(Oc2ccccc2C(C)C)c(CBr)c1. The summed E-state index contributed by atoms with van der Waals surface area (Å²) in [5, 5.41) is 0.799. The van der Waals surface area contributed by atoms with Crippen LogP contribution < -0.4 is 4.74 Å².